The summed E-state index contributed by atoms with van der Waals surface area (Å²) in [5.74, 6) is -1.45. The van der Waals surface area contributed by atoms with Crippen molar-refractivity contribution in [1.29, 1.82) is 0 Å². The van der Waals surface area contributed by atoms with Crippen molar-refractivity contribution in [3.8, 4) is 0 Å². The number of aryl methyl sites for hydroxylation is 1. The standard InChI is InChI=1S/C16H14BrN3O5/c1-9-6-10(17)2-5-14(9)19-15(21)8-25-16(22)12-7-11(20(23)24)3-4-13(12)18/h2-7H,8,18H2,1H3,(H,19,21). The Morgan fingerprint density at radius 1 is 1.28 bits per heavy atom. The Kier molecular flexibility index (Phi) is 5.71. The maximum Gasteiger partial charge on any atom is 0.341 e. The van der Waals surface area contributed by atoms with Gasteiger partial charge in [0.25, 0.3) is 11.6 Å². The lowest BCUT2D eigenvalue weighted by molar-refractivity contribution is -0.384. The highest BCUT2D eigenvalue weighted by atomic mass is 79.9. The van der Waals surface area contributed by atoms with Gasteiger partial charge in [0.2, 0.25) is 0 Å². The first kappa shape index (κ1) is 18.4. The van der Waals surface area contributed by atoms with E-state index >= 15 is 0 Å². The number of nitrogens with zero attached hydrogens (tertiary/aromatic N) is 1. The number of nitrogen functional groups attached to an aromatic ring is 1. The zero-order valence-corrected chi connectivity index (χ0v) is 14.7. The maximum absolute atomic E-state index is 12.0. The Hall–Kier alpha value is -2.94. The molecule has 0 unspecified atom stereocenters. The SMILES string of the molecule is Cc1cc(Br)ccc1NC(=O)COC(=O)c1cc([N+](=O)[O-])ccc1N. The van der Waals surface area contributed by atoms with Crippen molar-refractivity contribution in [2.45, 2.75) is 6.92 Å². The lowest BCUT2D eigenvalue weighted by Crippen LogP contribution is -2.21. The van der Waals surface area contributed by atoms with Gasteiger partial charge in [0.15, 0.2) is 6.61 Å². The molecule has 0 fully saturated rings. The molecule has 0 aliphatic rings. The fourth-order valence-electron chi connectivity index (χ4n) is 2.00. The van der Waals surface area contributed by atoms with Crippen LogP contribution < -0.4 is 11.1 Å². The topological polar surface area (TPSA) is 125 Å². The minimum atomic E-state index is -0.913. The van der Waals surface area contributed by atoms with Crippen LogP contribution in [0.4, 0.5) is 17.1 Å². The molecule has 3 N–H and O–H groups in total. The van der Waals surface area contributed by atoms with Gasteiger partial charge in [-0.25, -0.2) is 4.79 Å². The zero-order valence-electron chi connectivity index (χ0n) is 13.1. The number of hydrogen-bond acceptors (Lipinski definition) is 6. The number of ether oxygens (including phenoxy) is 1. The van der Waals surface area contributed by atoms with Crippen LogP contribution in [0.5, 0.6) is 0 Å². The molecule has 2 rings (SSSR count). The highest BCUT2D eigenvalue weighted by Crippen LogP contribution is 2.21. The van der Waals surface area contributed by atoms with E-state index in [9.17, 15) is 19.7 Å². The molecule has 0 aliphatic heterocycles. The minimum absolute atomic E-state index is 0.0276. The molecular weight excluding hydrogens is 394 g/mol. The molecular formula is C16H14BrN3O5. The summed E-state index contributed by atoms with van der Waals surface area (Å²) < 4.78 is 5.75. The van der Waals surface area contributed by atoms with E-state index < -0.39 is 23.4 Å². The van der Waals surface area contributed by atoms with Gasteiger partial charge in [0.05, 0.1) is 10.5 Å². The normalized spacial score (nSPS) is 10.2. The molecule has 2 aromatic carbocycles. The van der Waals surface area contributed by atoms with Crippen LogP contribution in [0, 0.1) is 17.0 Å². The van der Waals surface area contributed by atoms with Crippen molar-refractivity contribution in [2.75, 3.05) is 17.7 Å². The summed E-state index contributed by atoms with van der Waals surface area (Å²) >= 11 is 3.32. The van der Waals surface area contributed by atoms with Gasteiger partial charge in [-0.1, -0.05) is 15.9 Å². The number of halogens is 1. The number of nitrogens with one attached hydrogen (secondary N) is 1. The van der Waals surface area contributed by atoms with Gasteiger partial charge >= 0.3 is 5.97 Å². The molecule has 0 spiro atoms. The summed E-state index contributed by atoms with van der Waals surface area (Å²) in [7, 11) is 0. The molecule has 0 aromatic heterocycles. The predicted molar refractivity (Wildman–Crippen MR) is 95.3 cm³/mol. The Bertz CT molecular complexity index is 854. The number of benzene rings is 2. The number of rotatable bonds is 5. The Balaban J connectivity index is 2.01. The molecule has 9 heteroatoms. The van der Waals surface area contributed by atoms with Crippen LogP contribution in [0.1, 0.15) is 15.9 Å². The first-order valence-electron chi connectivity index (χ1n) is 7.05. The van der Waals surface area contributed by atoms with Crippen molar-refractivity contribution in [3.63, 3.8) is 0 Å². The van der Waals surface area contributed by atoms with Crippen molar-refractivity contribution in [1.82, 2.24) is 0 Å². The number of nitro benzene ring substituents is 1. The van der Waals surface area contributed by atoms with Crippen LogP contribution in [-0.4, -0.2) is 23.4 Å². The second-order valence-corrected chi connectivity index (χ2v) is 6.03. The zero-order chi connectivity index (χ0) is 18.6. The van der Waals surface area contributed by atoms with Gasteiger partial charge < -0.3 is 15.8 Å². The monoisotopic (exact) mass is 407 g/mol. The Morgan fingerprint density at radius 3 is 2.64 bits per heavy atom. The molecule has 130 valence electrons. The molecule has 0 bridgehead atoms. The third kappa shape index (κ3) is 4.77. The molecule has 0 atom stereocenters. The fourth-order valence-corrected chi connectivity index (χ4v) is 2.47. The molecule has 0 radical (unpaired) electrons. The number of non-ortho nitro benzene ring substituents is 1. The Morgan fingerprint density at radius 2 is 2.00 bits per heavy atom. The first-order chi connectivity index (χ1) is 11.8. The predicted octanol–water partition coefficient (Wildman–Crippen LogP) is 3.04. The van der Waals surface area contributed by atoms with E-state index in [0.717, 1.165) is 16.1 Å². The maximum atomic E-state index is 12.0. The van der Waals surface area contributed by atoms with Gasteiger partial charge in [0, 0.05) is 28.0 Å². The molecule has 25 heavy (non-hydrogen) atoms. The van der Waals surface area contributed by atoms with Crippen molar-refractivity contribution < 1.29 is 19.2 Å². The van der Waals surface area contributed by atoms with E-state index in [1.807, 2.05) is 13.0 Å². The summed E-state index contributed by atoms with van der Waals surface area (Å²) in [4.78, 5) is 34.0. The van der Waals surface area contributed by atoms with Crippen molar-refractivity contribution in [2.24, 2.45) is 0 Å². The van der Waals surface area contributed by atoms with Crippen molar-refractivity contribution in [3.05, 3.63) is 62.1 Å². The molecule has 0 saturated carbocycles. The smallest absolute Gasteiger partial charge is 0.341 e. The van der Waals surface area contributed by atoms with E-state index in [1.165, 1.54) is 12.1 Å². The third-order valence-electron chi connectivity index (χ3n) is 3.26. The summed E-state index contributed by atoms with van der Waals surface area (Å²) in [6.07, 6.45) is 0. The highest BCUT2D eigenvalue weighted by molar-refractivity contribution is 9.10. The summed E-state index contributed by atoms with van der Waals surface area (Å²) in [5, 5.41) is 13.4. The van der Waals surface area contributed by atoms with E-state index in [2.05, 4.69) is 21.2 Å². The van der Waals surface area contributed by atoms with Crippen LogP contribution >= 0.6 is 15.9 Å². The molecule has 8 nitrogen and oxygen atoms in total. The molecule has 2 aromatic rings. The van der Waals surface area contributed by atoms with Gasteiger partial charge in [-0.15, -0.1) is 0 Å². The highest BCUT2D eigenvalue weighted by Gasteiger charge is 2.18. The van der Waals surface area contributed by atoms with Gasteiger partial charge in [-0.3, -0.25) is 14.9 Å². The number of anilines is 2. The van der Waals surface area contributed by atoms with Gasteiger partial charge in [-0.2, -0.15) is 0 Å². The molecule has 0 aliphatic carbocycles. The van der Waals surface area contributed by atoms with Gasteiger partial charge in [0.1, 0.15) is 0 Å². The number of carbonyl (C=O) groups is 2. The van der Waals surface area contributed by atoms with E-state index in [-0.39, 0.29) is 16.9 Å². The Labute approximate surface area is 151 Å². The lowest BCUT2D eigenvalue weighted by atomic mass is 10.1. The van der Waals surface area contributed by atoms with Crippen molar-refractivity contribution >= 4 is 44.9 Å². The van der Waals surface area contributed by atoms with Crippen LogP contribution in [-0.2, 0) is 9.53 Å². The number of amides is 1. The summed E-state index contributed by atoms with van der Waals surface area (Å²) in [6.45, 7) is 1.27. The summed E-state index contributed by atoms with van der Waals surface area (Å²) in [5.41, 5.74) is 6.61. The molecule has 0 heterocycles. The van der Waals surface area contributed by atoms with E-state index in [1.54, 1.807) is 12.1 Å². The fraction of sp³-hybridized carbons (Fsp3) is 0.125. The number of nitro groups is 1. The van der Waals surface area contributed by atoms with Crippen LogP contribution in [0.3, 0.4) is 0 Å². The summed E-state index contributed by atoms with van der Waals surface area (Å²) in [6, 6.07) is 8.71. The third-order valence-corrected chi connectivity index (χ3v) is 3.76. The number of hydrogen-bond donors (Lipinski definition) is 2. The van der Waals surface area contributed by atoms with Gasteiger partial charge in [-0.05, 0) is 36.8 Å². The average molecular weight is 408 g/mol. The second kappa shape index (κ2) is 7.75. The number of nitrogens with two attached hydrogens (primary N) is 1. The number of esters is 1. The largest absolute Gasteiger partial charge is 0.452 e. The molecule has 0 saturated heterocycles. The quantitative estimate of drug-likeness (QED) is 0.339. The minimum Gasteiger partial charge on any atom is -0.452 e. The van der Waals surface area contributed by atoms with Crippen LogP contribution in [0.15, 0.2) is 40.9 Å². The number of carbonyl (C=O) groups excluding carboxylic acids is 2. The van der Waals surface area contributed by atoms with Crippen LogP contribution in [0.25, 0.3) is 0 Å². The second-order valence-electron chi connectivity index (χ2n) is 5.11. The lowest BCUT2D eigenvalue weighted by Gasteiger charge is -2.10. The average Bonchev–Trinajstić information content (AvgIpc) is 2.55. The first-order valence-corrected chi connectivity index (χ1v) is 7.84. The van der Waals surface area contributed by atoms with E-state index in [4.69, 9.17) is 10.5 Å². The van der Waals surface area contributed by atoms with Crippen LogP contribution in [0.2, 0.25) is 0 Å². The van der Waals surface area contributed by atoms with E-state index in [0.29, 0.717) is 5.69 Å². The molecule has 1 amide bonds.